The minimum Gasteiger partial charge on any atom is -0.354 e. The highest BCUT2D eigenvalue weighted by atomic mass is 14.7. The van der Waals surface area contributed by atoms with Crippen LogP contribution in [0.25, 0.3) is 45.7 Å². The maximum Gasteiger partial charge on any atom is 0.0544 e. The van der Waals surface area contributed by atoms with Crippen LogP contribution in [0.15, 0.2) is 42.5 Å². The summed E-state index contributed by atoms with van der Waals surface area (Å²) in [4.78, 5) is 3.50. The van der Waals surface area contributed by atoms with Gasteiger partial charge in [-0.05, 0) is 40.3 Å². The number of benzene rings is 3. The zero-order chi connectivity index (χ0) is 13.9. The third-order valence-corrected chi connectivity index (χ3v) is 4.13. The highest BCUT2D eigenvalue weighted by Crippen LogP contribution is 2.23. The van der Waals surface area contributed by atoms with Gasteiger partial charge in [-0.2, -0.15) is 0 Å². The molecule has 0 bridgehead atoms. The third-order valence-electron chi connectivity index (χ3n) is 4.13. The van der Waals surface area contributed by atoms with E-state index in [1.807, 2.05) is 0 Å². The Labute approximate surface area is 116 Å². The maximum atomic E-state index is 4.32. The molecule has 0 atom stereocenters. The Morgan fingerprint density at radius 2 is 1.55 bits per heavy atom. The van der Waals surface area contributed by atoms with Gasteiger partial charge in [-0.25, -0.2) is 0 Å². The van der Waals surface area contributed by atoms with E-state index < -0.39 is 0 Å². The monoisotopic (exact) mass is 257 g/mol. The van der Waals surface area contributed by atoms with E-state index in [0.29, 0.717) is 0 Å². The van der Waals surface area contributed by atoms with E-state index in [0.717, 1.165) is 21.5 Å². The number of fused-ring (bicyclic) bond motifs is 4. The minimum absolute atomic E-state index is 1.05. The molecule has 0 spiro atoms. The Balaban J connectivity index is 2.44. The van der Waals surface area contributed by atoms with Crippen molar-refractivity contribution in [3.05, 3.63) is 58.5 Å². The van der Waals surface area contributed by atoms with Crippen molar-refractivity contribution in [3.63, 3.8) is 0 Å². The summed E-state index contributed by atoms with van der Waals surface area (Å²) in [6, 6.07) is 14.8. The van der Waals surface area contributed by atoms with Crippen LogP contribution in [-0.4, -0.2) is 4.98 Å². The van der Waals surface area contributed by atoms with E-state index in [1.165, 1.54) is 27.1 Å². The topological polar surface area (TPSA) is 15.8 Å². The molecule has 0 amide bonds. The van der Waals surface area contributed by atoms with E-state index in [9.17, 15) is 0 Å². The van der Waals surface area contributed by atoms with Crippen LogP contribution < -0.4 is 10.4 Å². The number of hydrogen-bond donors (Lipinski definition) is 1. The molecule has 96 valence electrons. The molecule has 0 aliphatic rings. The van der Waals surface area contributed by atoms with Gasteiger partial charge in [0, 0.05) is 16.3 Å². The normalized spacial score (nSPS) is 11.7. The SMILES string of the molecule is C=c1c2ccccc2c(=C)c2c1[nH]c1ccc(C)cc12. The summed E-state index contributed by atoms with van der Waals surface area (Å²) in [6.45, 7) is 10.7. The fourth-order valence-corrected chi connectivity index (χ4v) is 3.12. The fraction of sp³-hybridized carbons (Fsp3) is 0.0526. The van der Waals surface area contributed by atoms with Crippen LogP contribution in [0.2, 0.25) is 0 Å². The Morgan fingerprint density at radius 3 is 2.30 bits per heavy atom. The molecule has 0 saturated carbocycles. The van der Waals surface area contributed by atoms with Gasteiger partial charge in [0.1, 0.15) is 0 Å². The summed E-state index contributed by atoms with van der Waals surface area (Å²) < 4.78 is 0. The first-order valence-electron chi connectivity index (χ1n) is 6.77. The lowest BCUT2D eigenvalue weighted by Gasteiger charge is -2.02. The smallest absolute Gasteiger partial charge is 0.0544 e. The second-order valence-electron chi connectivity index (χ2n) is 5.43. The van der Waals surface area contributed by atoms with E-state index in [4.69, 9.17) is 0 Å². The largest absolute Gasteiger partial charge is 0.354 e. The van der Waals surface area contributed by atoms with Crippen LogP contribution in [-0.2, 0) is 0 Å². The van der Waals surface area contributed by atoms with E-state index >= 15 is 0 Å². The molecule has 4 rings (SSSR count). The van der Waals surface area contributed by atoms with Crippen LogP contribution in [0.3, 0.4) is 0 Å². The standard InChI is InChI=1S/C19H15N/c1-11-8-9-17-16(10-11)18-12(2)14-6-4-5-7-15(14)13(3)19(18)20-17/h4-10,20H,2-3H2,1H3. The van der Waals surface area contributed by atoms with Crippen molar-refractivity contribution < 1.29 is 0 Å². The lowest BCUT2D eigenvalue weighted by atomic mass is 10.0. The summed E-state index contributed by atoms with van der Waals surface area (Å²) in [5.74, 6) is 0. The number of rotatable bonds is 0. The Morgan fingerprint density at radius 1 is 0.850 bits per heavy atom. The summed E-state index contributed by atoms with van der Waals surface area (Å²) in [6.07, 6.45) is 0. The third kappa shape index (κ3) is 1.32. The predicted molar refractivity (Wildman–Crippen MR) is 88.3 cm³/mol. The Bertz CT molecular complexity index is 1080. The van der Waals surface area contributed by atoms with Gasteiger partial charge >= 0.3 is 0 Å². The molecule has 0 fully saturated rings. The van der Waals surface area contributed by atoms with Crippen molar-refractivity contribution >= 4 is 45.7 Å². The molecule has 3 aromatic carbocycles. The lowest BCUT2D eigenvalue weighted by molar-refractivity contribution is 1.48. The van der Waals surface area contributed by atoms with Gasteiger partial charge in [0.25, 0.3) is 0 Å². The average molecular weight is 257 g/mol. The van der Waals surface area contributed by atoms with Crippen LogP contribution in [0.4, 0.5) is 0 Å². The van der Waals surface area contributed by atoms with Crippen LogP contribution >= 0.6 is 0 Å². The number of nitrogens with one attached hydrogen (secondary N) is 1. The number of aromatic nitrogens is 1. The molecule has 1 N–H and O–H groups in total. The number of aryl methyl sites for hydroxylation is 1. The summed E-state index contributed by atoms with van der Waals surface area (Å²) in [5, 5.41) is 6.94. The molecule has 0 saturated heterocycles. The molecule has 1 nitrogen and oxygen atoms in total. The van der Waals surface area contributed by atoms with Gasteiger partial charge < -0.3 is 4.98 Å². The van der Waals surface area contributed by atoms with E-state index in [1.54, 1.807) is 0 Å². The molecule has 1 aromatic heterocycles. The summed E-state index contributed by atoms with van der Waals surface area (Å²) in [5.41, 5.74) is 3.52. The van der Waals surface area contributed by atoms with Gasteiger partial charge in [0.15, 0.2) is 0 Å². The fourth-order valence-electron chi connectivity index (χ4n) is 3.12. The molecule has 1 heterocycles. The molecular weight excluding hydrogens is 242 g/mol. The zero-order valence-electron chi connectivity index (χ0n) is 11.5. The van der Waals surface area contributed by atoms with Crippen molar-refractivity contribution in [1.82, 2.24) is 4.98 Å². The first-order chi connectivity index (χ1) is 9.66. The molecule has 4 aromatic rings. The second-order valence-corrected chi connectivity index (χ2v) is 5.43. The quantitative estimate of drug-likeness (QED) is 0.495. The first-order valence-corrected chi connectivity index (χ1v) is 6.77. The number of hydrogen-bond acceptors (Lipinski definition) is 0. The maximum absolute atomic E-state index is 4.32. The Hall–Kier alpha value is -2.54. The molecule has 0 unspecified atom stereocenters. The highest BCUT2D eigenvalue weighted by Gasteiger charge is 2.09. The van der Waals surface area contributed by atoms with Gasteiger partial charge in [-0.1, -0.05) is 49.1 Å². The second kappa shape index (κ2) is 3.73. The highest BCUT2D eigenvalue weighted by molar-refractivity contribution is 6.12. The van der Waals surface area contributed by atoms with Crippen molar-refractivity contribution in [2.75, 3.05) is 0 Å². The molecule has 0 aliphatic heterocycles. The van der Waals surface area contributed by atoms with E-state index in [-0.39, 0.29) is 0 Å². The van der Waals surface area contributed by atoms with Crippen molar-refractivity contribution in [1.29, 1.82) is 0 Å². The molecule has 20 heavy (non-hydrogen) atoms. The molecular formula is C19H15N. The van der Waals surface area contributed by atoms with Gasteiger partial charge in [0.2, 0.25) is 0 Å². The average Bonchev–Trinajstić information content (AvgIpc) is 2.84. The minimum atomic E-state index is 1.05. The number of aromatic amines is 1. The molecule has 1 heteroatoms. The molecule has 0 aliphatic carbocycles. The van der Waals surface area contributed by atoms with Crippen molar-refractivity contribution in [3.8, 4) is 0 Å². The lowest BCUT2D eigenvalue weighted by Crippen LogP contribution is -2.11. The van der Waals surface area contributed by atoms with Crippen LogP contribution in [0.5, 0.6) is 0 Å². The first kappa shape index (κ1) is 11.3. The summed E-state index contributed by atoms with van der Waals surface area (Å²) >= 11 is 0. The Kier molecular flexibility index (Phi) is 2.11. The van der Waals surface area contributed by atoms with Crippen molar-refractivity contribution in [2.24, 2.45) is 0 Å². The molecule has 0 radical (unpaired) electrons. The summed E-state index contributed by atoms with van der Waals surface area (Å²) in [7, 11) is 0. The number of H-pyrrole nitrogens is 1. The predicted octanol–water partition coefficient (Wildman–Crippen LogP) is 3.60. The van der Waals surface area contributed by atoms with Crippen molar-refractivity contribution in [2.45, 2.75) is 6.92 Å². The zero-order valence-corrected chi connectivity index (χ0v) is 11.5. The van der Waals surface area contributed by atoms with Gasteiger partial charge in [-0.15, -0.1) is 0 Å². The van der Waals surface area contributed by atoms with E-state index in [2.05, 4.69) is 67.5 Å². The van der Waals surface area contributed by atoms with Gasteiger partial charge in [-0.3, -0.25) is 0 Å². The van der Waals surface area contributed by atoms with Crippen LogP contribution in [0.1, 0.15) is 5.56 Å². The van der Waals surface area contributed by atoms with Crippen LogP contribution in [0, 0.1) is 6.92 Å². The van der Waals surface area contributed by atoms with Gasteiger partial charge in [0.05, 0.1) is 5.52 Å².